The SMILES string of the molecule is CCc1nn(CC)c(CC2CCCC2=O)c1Br. The lowest BCUT2D eigenvalue weighted by molar-refractivity contribution is -0.120. The molecule has 0 amide bonds. The zero-order valence-electron chi connectivity index (χ0n) is 10.5. The number of Topliss-reactive ketones (excluding diaryl/α,β-unsaturated/α-hetero) is 1. The van der Waals surface area contributed by atoms with Crippen LogP contribution in [0.2, 0.25) is 0 Å². The lowest BCUT2D eigenvalue weighted by atomic mass is 10.0. The van der Waals surface area contributed by atoms with Gasteiger partial charge >= 0.3 is 0 Å². The maximum absolute atomic E-state index is 11.7. The molecule has 1 aromatic heterocycles. The monoisotopic (exact) mass is 298 g/mol. The van der Waals surface area contributed by atoms with Gasteiger partial charge in [0.15, 0.2) is 0 Å². The molecule has 0 aromatic carbocycles. The van der Waals surface area contributed by atoms with Crippen LogP contribution in [-0.2, 0) is 24.2 Å². The minimum Gasteiger partial charge on any atom is -0.299 e. The summed E-state index contributed by atoms with van der Waals surface area (Å²) in [5, 5.41) is 4.57. The van der Waals surface area contributed by atoms with E-state index in [9.17, 15) is 4.79 Å². The maximum Gasteiger partial charge on any atom is 0.136 e. The number of nitrogens with zero attached hydrogens (tertiary/aromatic N) is 2. The molecule has 0 saturated heterocycles. The lowest BCUT2D eigenvalue weighted by Gasteiger charge is -2.10. The minimum atomic E-state index is 0.220. The molecule has 1 fully saturated rings. The fourth-order valence-corrected chi connectivity index (χ4v) is 3.28. The molecule has 1 aliphatic rings. The van der Waals surface area contributed by atoms with Gasteiger partial charge in [-0.25, -0.2) is 0 Å². The Morgan fingerprint density at radius 2 is 2.24 bits per heavy atom. The number of carbonyl (C=O) groups excluding carboxylic acids is 1. The van der Waals surface area contributed by atoms with Crippen LogP contribution in [0, 0.1) is 5.92 Å². The predicted octanol–water partition coefficient (Wildman–Crippen LogP) is 3.14. The lowest BCUT2D eigenvalue weighted by Crippen LogP contribution is -2.13. The highest BCUT2D eigenvalue weighted by Gasteiger charge is 2.27. The first-order valence-electron chi connectivity index (χ1n) is 6.44. The van der Waals surface area contributed by atoms with E-state index in [1.165, 1.54) is 5.69 Å². The Balaban J connectivity index is 2.24. The van der Waals surface area contributed by atoms with Crippen LogP contribution >= 0.6 is 15.9 Å². The van der Waals surface area contributed by atoms with Gasteiger partial charge in [0.1, 0.15) is 5.78 Å². The van der Waals surface area contributed by atoms with Crippen molar-refractivity contribution in [1.82, 2.24) is 9.78 Å². The van der Waals surface area contributed by atoms with Crippen molar-refractivity contribution in [2.24, 2.45) is 5.92 Å². The first-order chi connectivity index (χ1) is 8.17. The number of halogens is 1. The average molecular weight is 299 g/mol. The Morgan fingerprint density at radius 3 is 2.76 bits per heavy atom. The number of aromatic nitrogens is 2. The second kappa shape index (κ2) is 5.34. The fourth-order valence-electron chi connectivity index (χ4n) is 2.55. The van der Waals surface area contributed by atoms with Crippen LogP contribution < -0.4 is 0 Å². The van der Waals surface area contributed by atoms with Crippen LogP contribution in [0.1, 0.15) is 44.5 Å². The van der Waals surface area contributed by atoms with E-state index in [-0.39, 0.29) is 5.92 Å². The van der Waals surface area contributed by atoms with E-state index in [0.717, 1.165) is 48.8 Å². The molecule has 17 heavy (non-hydrogen) atoms. The molecule has 2 rings (SSSR count). The third-order valence-corrected chi connectivity index (χ3v) is 4.48. The molecule has 1 heterocycles. The number of aryl methyl sites for hydroxylation is 2. The van der Waals surface area contributed by atoms with Crippen LogP contribution in [0.25, 0.3) is 0 Å². The highest BCUT2D eigenvalue weighted by atomic mass is 79.9. The molecule has 1 saturated carbocycles. The van der Waals surface area contributed by atoms with Crippen LogP contribution in [0.15, 0.2) is 4.47 Å². The molecule has 0 aliphatic heterocycles. The molecule has 3 nitrogen and oxygen atoms in total. The Morgan fingerprint density at radius 1 is 1.47 bits per heavy atom. The molecular weight excluding hydrogens is 280 g/mol. The van der Waals surface area contributed by atoms with Gasteiger partial charge in [0.2, 0.25) is 0 Å². The molecule has 1 aromatic rings. The normalized spacial score (nSPS) is 20.2. The summed E-state index contributed by atoms with van der Waals surface area (Å²) in [5.41, 5.74) is 2.30. The van der Waals surface area contributed by atoms with Crippen LogP contribution in [0.4, 0.5) is 0 Å². The highest BCUT2D eigenvalue weighted by molar-refractivity contribution is 9.10. The van der Waals surface area contributed by atoms with Gasteiger partial charge in [-0.3, -0.25) is 9.48 Å². The van der Waals surface area contributed by atoms with Gasteiger partial charge in [0.25, 0.3) is 0 Å². The molecule has 1 aliphatic carbocycles. The van der Waals surface area contributed by atoms with Crippen molar-refractivity contribution in [1.29, 1.82) is 0 Å². The summed E-state index contributed by atoms with van der Waals surface area (Å²) in [4.78, 5) is 11.7. The van der Waals surface area contributed by atoms with Crippen LogP contribution in [0.5, 0.6) is 0 Å². The summed E-state index contributed by atoms with van der Waals surface area (Å²) >= 11 is 3.64. The summed E-state index contributed by atoms with van der Waals surface area (Å²) in [6.45, 7) is 5.07. The number of carbonyl (C=O) groups is 1. The van der Waals surface area contributed by atoms with E-state index in [1.54, 1.807) is 0 Å². The first-order valence-corrected chi connectivity index (χ1v) is 7.23. The van der Waals surface area contributed by atoms with Gasteiger partial charge in [-0.15, -0.1) is 0 Å². The second-order valence-electron chi connectivity index (χ2n) is 4.64. The highest BCUT2D eigenvalue weighted by Crippen LogP contribution is 2.30. The average Bonchev–Trinajstić information content (AvgIpc) is 2.86. The zero-order chi connectivity index (χ0) is 12.4. The molecule has 4 heteroatoms. The van der Waals surface area contributed by atoms with Crippen LogP contribution in [-0.4, -0.2) is 15.6 Å². The third-order valence-electron chi connectivity index (χ3n) is 3.56. The van der Waals surface area contributed by atoms with E-state index in [2.05, 4.69) is 34.9 Å². The molecule has 0 N–H and O–H groups in total. The summed E-state index contributed by atoms with van der Waals surface area (Å²) in [7, 11) is 0. The van der Waals surface area contributed by atoms with Gasteiger partial charge in [0.05, 0.1) is 15.9 Å². The van der Waals surface area contributed by atoms with Crippen molar-refractivity contribution < 1.29 is 4.79 Å². The molecule has 0 radical (unpaired) electrons. The van der Waals surface area contributed by atoms with Crippen molar-refractivity contribution in [2.75, 3.05) is 0 Å². The largest absolute Gasteiger partial charge is 0.299 e. The van der Waals surface area contributed by atoms with E-state index in [0.29, 0.717) is 5.78 Å². The molecule has 0 bridgehead atoms. The smallest absolute Gasteiger partial charge is 0.136 e. The summed E-state index contributed by atoms with van der Waals surface area (Å²) in [5.74, 6) is 0.650. The molecule has 0 spiro atoms. The van der Waals surface area contributed by atoms with E-state index in [1.807, 2.05) is 4.68 Å². The number of hydrogen-bond donors (Lipinski definition) is 0. The van der Waals surface area contributed by atoms with E-state index < -0.39 is 0 Å². The van der Waals surface area contributed by atoms with Crippen molar-refractivity contribution in [3.63, 3.8) is 0 Å². The van der Waals surface area contributed by atoms with Gasteiger partial charge in [0, 0.05) is 25.3 Å². The van der Waals surface area contributed by atoms with Crippen LogP contribution in [0.3, 0.4) is 0 Å². The van der Waals surface area contributed by atoms with E-state index >= 15 is 0 Å². The maximum atomic E-state index is 11.7. The quantitative estimate of drug-likeness (QED) is 0.856. The summed E-state index contributed by atoms with van der Waals surface area (Å²) in [6, 6.07) is 0. The Bertz CT molecular complexity index is 425. The fraction of sp³-hybridized carbons (Fsp3) is 0.692. The molecule has 94 valence electrons. The molecule has 1 unspecified atom stereocenters. The summed E-state index contributed by atoms with van der Waals surface area (Å²) < 4.78 is 3.15. The van der Waals surface area contributed by atoms with Crippen molar-refractivity contribution in [2.45, 2.75) is 52.5 Å². The third kappa shape index (κ3) is 2.46. The van der Waals surface area contributed by atoms with E-state index in [4.69, 9.17) is 0 Å². The Labute approximate surface area is 111 Å². The van der Waals surface area contributed by atoms with Gasteiger partial charge in [-0.1, -0.05) is 6.92 Å². The second-order valence-corrected chi connectivity index (χ2v) is 5.43. The first kappa shape index (κ1) is 12.8. The molecular formula is C13H19BrN2O. The Kier molecular flexibility index (Phi) is 4.02. The number of ketones is 1. The van der Waals surface area contributed by atoms with Gasteiger partial charge in [-0.05, 0) is 42.1 Å². The topological polar surface area (TPSA) is 34.9 Å². The van der Waals surface area contributed by atoms with Crippen molar-refractivity contribution >= 4 is 21.7 Å². The molecule has 1 atom stereocenters. The minimum absolute atomic E-state index is 0.220. The number of rotatable bonds is 4. The summed E-state index contributed by atoms with van der Waals surface area (Å²) in [6.07, 6.45) is 4.65. The van der Waals surface area contributed by atoms with Gasteiger partial charge < -0.3 is 0 Å². The van der Waals surface area contributed by atoms with Gasteiger partial charge in [-0.2, -0.15) is 5.10 Å². The zero-order valence-corrected chi connectivity index (χ0v) is 12.1. The Hall–Kier alpha value is -0.640. The van der Waals surface area contributed by atoms with Crippen molar-refractivity contribution in [3.05, 3.63) is 15.9 Å². The number of hydrogen-bond acceptors (Lipinski definition) is 2. The standard InChI is InChI=1S/C13H19BrN2O/c1-3-10-13(14)11(16(4-2)15-10)8-9-6-5-7-12(9)17/h9H,3-8H2,1-2H3. The predicted molar refractivity (Wildman–Crippen MR) is 71.0 cm³/mol. The van der Waals surface area contributed by atoms with Crippen molar-refractivity contribution in [3.8, 4) is 0 Å².